The van der Waals surface area contributed by atoms with Crippen molar-refractivity contribution in [2.45, 2.75) is 51.9 Å². The molecular formula is C25H28BrN3O2. The van der Waals surface area contributed by atoms with E-state index in [9.17, 15) is 9.90 Å². The molecule has 0 spiro atoms. The van der Waals surface area contributed by atoms with Crippen LogP contribution in [0, 0.1) is 0 Å². The first kappa shape index (κ1) is 22.9. The SMILES string of the molecule is CCCCC(CC)c1nc(-c2ccc(O)cc2)cnc1NC(=O)Cc1ccc(Br)cc1. The number of hydrogen-bond acceptors (Lipinski definition) is 4. The topological polar surface area (TPSA) is 75.1 Å². The molecule has 1 amide bonds. The second kappa shape index (κ2) is 11.0. The van der Waals surface area contributed by atoms with Gasteiger partial charge in [0.2, 0.25) is 5.91 Å². The molecule has 2 N–H and O–H groups in total. The van der Waals surface area contributed by atoms with Crippen LogP contribution in [0.2, 0.25) is 0 Å². The van der Waals surface area contributed by atoms with Crippen LogP contribution in [0.1, 0.15) is 56.7 Å². The van der Waals surface area contributed by atoms with E-state index in [-0.39, 0.29) is 24.0 Å². The lowest BCUT2D eigenvalue weighted by atomic mass is 9.95. The number of amides is 1. The quantitative estimate of drug-likeness (QED) is 0.366. The highest BCUT2D eigenvalue weighted by atomic mass is 79.9. The number of nitrogens with one attached hydrogen (secondary N) is 1. The van der Waals surface area contributed by atoms with E-state index in [2.05, 4.69) is 40.1 Å². The molecule has 1 aromatic heterocycles. The number of phenolic OH excluding ortho intramolecular Hbond substituents is 1. The highest BCUT2D eigenvalue weighted by Gasteiger charge is 2.19. The van der Waals surface area contributed by atoms with E-state index in [1.54, 1.807) is 18.3 Å². The molecule has 162 valence electrons. The molecule has 1 atom stereocenters. The van der Waals surface area contributed by atoms with Crippen LogP contribution < -0.4 is 5.32 Å². The summed E-state index contributed by atoms with van der Waals surface area (Å²) in [4.78, 5) is 22.2. The van der Waals surface area contributed by atoms with Gasteiger partial charge in [0.05, 0.1) is 24.0 Å². The monoisotopic (exact) mass is 481 g/mol. The number of benzene rings is 2. The normalized spacial score (nSPS) is 11.8. The van der Waals surface area contributed by atoms with Crippen LogP contribution in [-0.2, 0) is 11.2 Å². The molecule has 2 aromatic carbocycles. The second-order valence-corrected chi connectivity index (χ2v) is 8.55. The highest BCUT2D eigenvalue weighted by molar-refractivity contribution is 9.10. The third kappa shape index (κ3) is 6.37. The van der Waals surface area contributed by atoms with Gasteiger partial charge in [-0.3, -0.25) is 4.79 Å². The van der Waals surface area contributed by atoms with Crippen molar-refractivity contribution in [2.24, 2.45) is 0 Å². The van der Waals surface area contributed by atoms with E-state index < -0.39 is 0 Å². The Morgan fingerprint density at radius 2 is 1.81 bits per heavy atom. The number of phenols is 1. The van der Waals surface area contributed by atoms with Gasteiger partial charge in [0.25, 0.3) is 0 Å². The Hall–Kier alpha value is -2.73. The summed E-state index contributed by atoms with van der Waals surface area (Å²) in [6, 6.07) is 14.6. The number of aromatic hydroxyl groups is 1. The van der Waals surface area contributed by atoms with Gasteiger partial charge >= 0.3 is 0 Å². The Bertz CT molecular complexity index is 1000. The zero-order chi connectivity index (χ0) is 22.2. The first-order chi connectivity index (χ1) is 15.0. The number of nitrogens with zero attached hydrogens (tertiary/aromatic N) is 2. The first-order valence-electron chi connectivity index (χ1n) is 10.7. The van der Waals surface area contributed by atoms with E-state index >= 15 is 0 Å². The number of carbonyl (C=O) groups is 1. The summed E-state index contributed by atoms with van der Waals surface area (Å²) in [7, 11) is 0. The smallest absolute Gasteiger partial charge is 0.229 e. The maximum Gasteiger partial charge on any atom is 0.229 e. The lowest BCUT2D eigenvalue weighted by Crippen LogP contribution is -2.18. The van der Waals surface area contributed by atoms with E-state index in [1.165, 1.54) is 0 Å². The highest BCUT2D eigenvalue weighted by Crippen LogP contribution is 2.31. The number of aromatic nitrogens is 2. The summed E-state index contributed by atoms with van der Waals surface area (Å²) >= 11 is 3.42. The predicted molar refractivity (Wildman–Crippen MR) is 128 cm³/mol. The average Bonchev–Trinajstić information content (AvgIpc) is 2.77. The van der Waals surface area contributed by atoms with Gasteiger partial charge in [-0.2, -0.15) is 0 Å². The molecule has 1 unspecified atom stereocenters. The molecule has 3 aromatic rings. The Balaban J connectivity index is 1.88. The fourth-order valence-electron chi connectivity index (χ4n) is 3.50. The van der Waals surface area contributed by atoms with E-state index in [0.29, 0.717) is 5.82 Å². The van der Waals surface area contributed by atoms with Gasteiger partial charge in [0, 0.05) is 16.0 Å². The average molecular weight is 482 g/mol. The van der Waals surface area contributed by atoms with Crippen molar-refractivity contribution < 1.29 is 9.90 Å². The summed E-state index contributed by atoms with van der Waals surface area (Å²) in [5.41, 5.74) is 3.38. The molecule has 31 heavy (non-hydrogen) atoms. The minimum absolute atomic E-state index is 0.111. The van der Waals surface area contributed by atoms with Gasteiger partial charge in [0.15, 0.2) is 5.82 Å². The molecule has 0 aliphatic rings. The molecule has 6 heteroatoms. The molecule has 0 aliphatic carbocycles. The lowest BCUT2D eigenvalue weighted by molar-refractivity contribution is -0.115. The molecule has 3 rings (SSSR count). The van der Waals surface area contributed by atoms with Gasteiger partial charge in [-0.15, -0.1) is 0 Å². The van der Waals surface area contributed by atoms with Crippen molar-refractivity contribution in [1.29, 1.82) is 0 Å². The maximum atomic E-state index is 12.7. The molecule has 0 bridgehead atoms. The van der Waals surface area contributed by atoms with Crippen molar-refractivity contribution in [2.75, 3.05) is 5.32 Å². The standard InChI is InChI=1S/C25H28BrN3O2/c1-3-5-6-18(4-2)24-25(29-23(31)15-17-7-11-20(26)12-8-17)27-16-22(28-24)19-9-13-21(30)14-10-19/h7-14,16,18,30H,3-6,15H2,1-2H3,(H,27,29,31). The molecule has 0 saturated heterocycles. The summed E-state index contributed by atoms with van der Waals surface area (Å²) in [6.45, 7) is 4.31. The number of hydrogen-bond donors (Lipinski definition) is 2. The fraction of sp³-hybridized carbons (Fsp3) is 0.320. The summed E-state index contributed by atoms with van der Waals surface area (Å²) in [5, 5.41) is 12.6. The second-order valence-electron chi connectivity index (χ2n) is 7.63. The van der Waals surface area contributed by atoms with Crippen LogP contribution in [0.3, 0.4) is 0 Å². The molecule has 0 saturated carbocycles. The van der Waals surface area contributed by atoms with Gasteiger partial charge in [0.1, 0.15) is 5.75 Å². The van der Waals surface area contributed by atoms with Crippen molar-refractivity contribution >= 4 is 27.7 Å². The van der Waals surface area contributed by atoms with Crippen LogP contribution in [0.15, 0.2) is 59.2 Å². The summed E-state index contributed by atoms with van der Waals surface area (Å²) in [6.07, 6.45) is 6.07. The lowest BCUT2D eigenvalue weighted by Gasteiger charge is -2.19. The molecule has 0 radical (unpaired) electrons. The van der Waals surface area contributed by atoms with E-state index in [0.717, 1.165) is 52.7 Å². The molecular weight excluding hydrogens is 454 g/mol. The molecule has 1 heterocycles. The maximum absolute atomic E-state index is 12.7. The van der Waals surface area contributed by atoms with Crippen molar-refractivity contribution in [3.05, 3.63) is 70.5 Å². The van der Waals surface area contributed by atoms with Crippen LogP contribution >= 0.6 is 15.9 Å². The number of unbranched alkanes of at least 4 members (excludes halogenated alkanes) is 1. The van der Waals surface area contributed by atoms with Crippen LogP contribution in [0.4, 0.5) is 5.82 Å². The number of anilines is 1. The van der Waals surface area contributed by atoms with E-state index in [4.69, 9.17) is 4.98 Å². The number of carbonyl (C=O) groups excluding carboxylic acids is 1. The number of halogens is 1. The third-order valence-electron chi connectivity index (χ3n) is 5.28. The van der Waals surface area contributed by atoms with Crippen molar-refractivity contribution in [1.82, 2.24) is 9.97 Å². The fourth-order valence-corrected chi connectivity index (χ4v) is 3.77. The largest absolute Gasteiger partial charge is 0.508 e. The van der Waals surface area contributed by atoms with Gasteiger partial charge in [-0.25, -0.2) is 9.97 Å². The molecule has 0 fully saturated rings. The Morgan fingerprint density at radius 3 is 2.45 bits per heavy atom. The van der Waals surface area contributed by atoms with Crippen LogP contribution in [0.25, 0.3) is 11.3 Å². The Morgan fingerprint density at radius 1 is 1.10 bits per heavy atom. The molecule has 0 aliphatic heterocycles. The zero-order valence-electron chi connectivity index (χ0n) is 17.9. The first-order valence-corrected chi connectivity index (χ1v) is 11.5. The Labute approximate surface area is 192 Å². The summed E-state index contributed by atoms with van der Waals surface area (Å²) < 4.78 is 0.983. The summed E-state index contributed by atoms with van der Waals surface area (Å²) in [5.74, 6) is 0.851. The van der Waals surface area contributed by atoms with Crippen LogP contribution in [0.5, 0.6) is 5.75 Å². The van der Waals surface area contributed by atoms with Crippen molar-refractivity contribution in [3.8, 4) is 17.0 Å². The minimum atomic E-state index is -0.111. The van der Waals surface area contributed by atoms with Crippen molar-refractivity contribution in [3.63, 3.8) is 0 Å². The van der Waals surface area contributed by atoms with Crippen LogP contribution in [-0.4, -0.2) is 21.0 Å². The predicted octanol–water partition coefficient (Wildman–Crippen LogP) is 6.48. The van der Waals surface area contributed by atoms with Gasteiger partial charge in [-0.1, -0.05) is 54.8 Å². The van der Waals surface area contributed by atoms with Gasteiger partial charge in [-0.05, 0) is 54.8 Å². The number of rotatable bonds is 9. The third-order valence-corrected chi connectivity index (χ3v) is 5.81. The Kier molecular flexibility index (Phi) is 8.18. The minimum Gasteiger partial charge on any atom is -0.508 e. The zero-order valence-corrected chi connectivity index (χ0v) is 19.5. The molecule has 5 nitrogen and oxygen atoms in total. The van der Waals surface area contributed by atoms with Gasteiger partial charge < -0.3 is 10.4 Å². The van der Waals surface area contributed by atoms with E-state index in [1.807, 2.05) is 36.4 Å².